The summed E-state index contributed by atoms with van der Waals surface area (Å²) < 4.78 is 19.1. The summed E-state index contributed by atoms with van der Waals surface area (Å²) in [5.41, 5.74) is 2.12. The van der Waals surface area contributed by atoms with Crippen LogP contribution in [0.1, 0.15) is 24.8 Å². The van der Waals surface area contributed by atoms with Gasteiger partial charge in [0.25, 0.3) is 0 Å². The van der Waals surface area contributed by atoms with Crippen LogP contribution in [0.5, 0.6) is 0 Å². The Morgan fingerprint density at radius 3 is 3.11 bits per heavy atom. The summed E-state index contributed by atoms with van der Waals surface area (Å²) in [4.78, 5) is 0. The van der Waals surface area contributed by atoms with Gasteiger partial charge in [0.2, 0.25) is 0 Å². The van der Waals surface area contributed by atoms with Crippen molar-refractivity contribution < 1.29 is 9.13 Å². The number of halogens is 1. The maximum absolute atomic E-state index is 13.1. The number of ether oxygens (including phenoxy) is 1. The van der Waals surface area contributed by atoms with Gasteiger partial charge in [-0.3, -0.25) is 0 Å². The summed E-state index contributed by atoms with van der Waals surface area (Å²) in [5, 5.41) is 3.57. The molecule has 0 saturated carbocycles. The molecule has 2 aliphatic rings. The summed E-state index contributed by atoms with van der Waals surface area (Å²) in [6, 6.07) is 5.39. The fourth-order valence-corrected chi connectivity index (χ4v) is 4.40. The predicted molar refractivity (Wildman–Crippen MR) is 78.4 cm³/mol. The lowest BCUT2D eigenvalue weighted by atomic mass is 9.89. The van der Waals surface area contributed by atoms with Gasteiger partial charge >= 0.3 is 0 Å². The first-order valence-corrected chi connectivity index (χ1v) is 8.07. The predicted octanol–water partition coefficient (Wildman–Crippen LogP) is 3.60. The highest BCUT2D eigenvalue weighted by Gasteiger charge is 2.40. The van der Waals surface area contributed by atoms with Crippen LogP contribution in [-0.4, -0.2) is 29.8 Å². The highest BCUT2D eigenvalue weighted by molar-refractivity contribution is 7.99. The number of hydrogen-bond acceptors (Lipinski definition) is 3. The molecule has 0 radical (unpaired) electrons. The first-order valence-electron chi connectivity index (χ1n) is 6.91. The van der Waals surface area contributed by atoms with E-state index in [1.165, 1.54) is 11.8 Å². The molecule has 3 rings (SSSR count). The number of thioether (sulfide) groups is 1. The number of anilines is 1. The first-order chi connectivity index (χ1) is 9.17. The van der Waals surface area contributed by atoms with Gasteiger partial charge in [0.15, 0.2) is 0 Å². The Morgan fingerprint density at radius 2 is 2.37 bits per heavy atom. The van der Waals surface area contributed by atoms with Gasteiger partial charge < -0.3 is 10.1 Å². The van der Waals surface area contributed by atoms with E-state index in [0.717, 1.165) is 42.9 Å². The van der Waals surface area contributed by atoms with Gasteiger partial charge in [0, 0.05) is 24.1 Å². The SMILES string of the molecule is Cc1cc(F)ccc1NC1CCOC2(CCSC2)C1. The summed E-state index contributed by atoms with van der Waals surface area (Å²) in [5.74, 6) is 2.16. The zero-order valence-corrected chi connectivity index (χ0v) is 12.1. The van der Waals surface area contributed by atoms with E-state index in [2.05, 4.69) is 5.32 Å². The minimum absolute atomic E-state index is 0.0918. The number of nitrogens with one attached hydrogen (secondary N) is 1. The molecular formula is C15H20FNOS. The molecule has 1 N–H and O–H groups in total. The third-order valence-electron chi connectivity index (χ3n) is 4.11. The van der Waals surface area contributed by atoms with E-state index in [-0.39, 0.29) is 11.4 Å². The fourth-order valence-electron chi connectivity index (χ4n) is 3.02. The van der Waals surface area contributed by atoms with Crippen LogP contribution in [0.15, 0.2) is 18.2 Å². The van der Waals surface area contributed by atoms with Crippen LogP contribution in [0.25, 0.3) is 0 Å². The molecule has 1 aromatic rings. The van der Waals surface area contributed by atoms with Crippen molar-refractivity contribution in [2.45, 2.75) is 37.8 Å². The van der Waals surface area contributed by atoms with E-state index in [1.807, 2.05) is 24.8 Å². The molecule has 2 atom stereocenters. The molecule has 2 fully saturated rings. The molecule has 0 aliphatic carbocycles. The van der Waals surface area contributed by atoms with Crippen LogP contribution in [0.3, 0.4) is 0 Å². The first kappa shape index (κ1) is 13.3. The van der Waals surface area contributed by atoms with Crippen LogP contribution >= 0.6 is 11.8 Å². The number of aryl methyl sites for hydroxylation is 1. The number of hydrogen-bond donors (Lipinski definition) is 1. The Kier molecular flexibility index (Phi) is 3.72. The molecule has 0 aromatic heterocycles. The lowest BCUT2D eigenvalue weighted by molar-refractivity contribution is -0.0628. The molecule has 2 nitrogen and oxygen atoms in total. The maximum atomic E-state index is 13.1. The van der Waals surface area contributed by atoms with Crippen molar-refractivity contribution in [2.24, 2.45) is 0 Å². The number of rotatable bonds is 2. The van der Waals surface area contributed by atoms with Crippen LogP contribution in [0.4, 0.5) is 10.1 Å². The van der Waals surface area contributed by atoms with Crippen molar-refractivity contribution in [1.82, 2.24) is 0 Å². The summed E-state index contributed by atoms with van der Waals surface area (Å²) in [6.45, 7) is 2.78. The molecule has 2 aliphatic heterocycles. The van der Waals surface area contributed by atoms with E-state index in [0.29, 0.717) is 6.04 Å². The zero-order valence-electron chi connectivity index (χ0n) is 11.2. The van der Waals surface area contributed by atoms with Crippen LogP contribution in [0.2, 0.25) is 0 Å². The molecule has 2 unspecified atom stereocenters. The van der Waals surface area contributed by atoms with Gasteiger partial charge in [-0.05, 0) is 55.7 Å². The zero-order chi connectivity index (χ0) is 13.3. The molecule has 1 aromatic carbocycles. The quantitative estimate of drug-likeness (QED) is 0.895. The standard InChI is InChI=1S/C15H20FNOS/c1-11-8-12(16)2-3-14(11)17-13-4-6-18-15(9-13)5-7-19-10-15/h2-3,8,13,17H,4-7,9-10H2,1H3. The smallest absolute Gasteiger partial charge is 0.123 e. The second-order valence-electron chi connectivity index (χ2n) is 5.63. The van der Waals surface area contributed by atoms with Gasteiger partial charge in [0.05, 0.1) is 5.60 Å². The highest BCUT2D eigenvalue weighted by atomic mass is 32.2. The third-order valence-corrected chi connectivity index (χ3v) is 5.33. The van der Waals surface area contributed by atoms with Crippen LogP contribution in [0, 0.1) is 12.7 Å². The maximum Gasteiger partial charge on any atom is 0.123 e. The molecule has 2 heterocycles. The molecule has 19 heavy (non-hydrogen) atoms. The second kappa shape index (κ2) is 5.33. The lowest BCUT2D eigenvalue weighted by Crippen LogP contribution is -2.44. The molecular weight excluding hydrogens is 261 g/mol. The van der Waals surface area contributed by atoms with Crippen molar-refractivity contribution in [3.8, 4) is 0 Å². The van der Waals surface area contributed by atoms with Crippen LogP contribution in [-0.2, 0) is 4.74 Å². The summed E-state index contributed by atoms with van der Waals surface area (Å²) in [6.07, 6.45) is 3.26. The molecule has 0 amide bonds. The highest BCUT2D eigenvalue weighted by Crippen LogP contribution is 2.39. The Labute approximate surface area is 118 Å². The van der Waals surface area contributed by atoms with E-state index in [9.17, 15) is 4.39 Å². The normalized spacial score (nSPS) is 30.7. The molecule has 4 heteroatoms. The Morgan fingerprint density at radius 1 is 1.47 bits per heavy atom. The van der Waals surface area contributed by atoms with E-state index < -0.39 is 0 Å². The Bertz CT molecular complexity index is 459. The summed E-state index contributed by atoms with van der Waals surface area (Å²) in [7, 11) is 0. The second-order valence-corrected chi connectivity index (χ2v) is 6.73. The van der Waals surface area contributed by atoms with Gasteiger partial charge in [-0.1, -0.05) is 0 Å². The summed E-state index contributed by atoms with van der Waals surface area (Å²) >= 11 is 1.99. The van der Waals surface area contributed by atoms with Crippen LogP contribution < -0.4 is 5.32 Å². The topological polar surface area (TPSA) is 21.3 Å². The average molecular weight is 281 g/mol. The van der Waals surface area contributed by atoms with Crippen molar-refractivity contribution in [3.63, 3.8) is 0 Å². The van der Waals surface area contributed by atoms with Gasteiger partial charge in [-0.15, -0.1) is 0 Å². The van der Waals surface area contributed by atoms with Gasteiger partial charge in [0.1, 0.15) is 5.82 Å². The number of benzene rings is 1. The third kappa shape index (κ3) is 2.90. The van der Waals surface area contributed by atoms with Crippen molar-refractivity contribution in [1.29, 1.82) is 0 Å². The Hall–Kier alpha value is -0.740. The molecule has 0 bridgehead atoms. The molecule has 1 spiro atoms. The average Bonchev–Trinajstić information content (AvgIpc) is 2.81. The van der Waals surface area contributed by atoms with Crippen molar-refractivity contribution >= 4 is 17.4 Å². The minimum atomic E-state index is -0.168. The fraction of sp³-hybridized carbons (Fsp3) is 0.600. The van der Waals surface area contributed by atoms with E-state index in [1.54, 1.807) is 6.07 Å². The largest absolute Gasteiger partial charge is 0.382 e. The van der Waals surface area contributed by atoms with Gasteiger partial charge in [-0.25, -0.2) is 4.39 Å². The molecule has 104 valence electrons. The van der Waals surface area contributed by atoms with E-state index >= 15 is 0 Å². The lowest BCUT2D eigenvalue weighted by Gasteiger charge is -2.38. The van der Waals surface area contributed by atoms with Crippen molar-refractivity contribution in [3.05, 3.63) is 29.6 Å². The monoisotopic (exact) mass is 281 g/mol. The van der Waals surface area contributed by atoms with E-state index in [4.69, 9.17) is 4.74 Å². The molecule has 2 saturated heterocycles. The van der Waals surface area contributed by atoms with Crippen molar-refractivity contribution in [2.75, 3.05) is 23.4 Å². The minimum Gasteiger partial charge on any atom is -0.382 e. The Balaban J connectivity index is 1.69. The van der Waals surface area contributed by atoms with Gasteiger partial charge in [-0.2, -0.15) is 11.8 Å².